The van der Waals surface area contributed by atoms with Crippen LogP contribution in [0.4, 0.5) is 0 Å². The van der Waals surface area contributed by atoms with Crippen molar-refractivity contribution in [2.75, 3.05) is 26.3 Å². The van der Waals surface area contributed by atoms with Crippen LogP contribution in [0.5, 0.6) is 0 Å². The first-order chi connectivity index (χ1) is 14.1. The van der Waals surface area contributed by atoms with Gasteiger partial charge >= 0.3 is 0 Å². The van der Waals surface area contributed by atoms with Gasteiger partial charge in [0.2, 0.25) is 5.91 Å². The molecule has 150 valence electrons. The molecule has 1 amide bonds. The quantitative estimate of drug-likeness (QED) is 0.605. The highest BCUT2D eigenvalue weighted by Gasteiger charge is 2.30. The van der Waals surface area contributed by atoms with E-state index in [1.54, 1.807) is 0 Å². The van der Waals surface area contributed by atoms with E-state index in [4.69, 9.17) is 4.74 Å². The number of carbonyl (C=O) groups is 1. The second kappa shape index (κ2) is 8.80. The van der Waals surface area contributed by atoms with Crippen LogP contribution in [0.1, 0.15) is 16.4 Å². The van der Waals surface area contributed by atoms with Gasteiger partial charge in [0.05, 0.1) is 13.2 Å². The van der Waals surface area contributed by atoms with E-state index in [-0.39, 0.29) is 11.2 Å². The molecular weight excluding hydrogens is 384 g/mol. The fourth-order valence-electron chi connectivity index (χ4n) is 3.32. The van der Waals surface area contributed by atoms with Gasteiger partial charge in [-0.05, 0) is 12.5 Å². The predicted octanol–water partition coefficient (Wildman–Crippen LogP) is 3.48. The smallest absolute Gasteiger partial charge is 0.240 e. The van der Waals surface area contributed by atoms with Gasteiger partial charge in [-0.15, -0.1) is 10.2 Å². The molecule has 7 heteroatoms. The Morgan fingerprint density at radius 1 is 1.03 bits per heavy atom. The van der Waals surface area contributed by atoms with Gasteiger partial charge < -0.3 is 14.2 Å². The first-order valence-electron chi connectivity index (χ1n) is 9.68. The number of thioether (sulfide) groups is 1. The first kappa shape index (κ1) is 19.7. The van der Waals surface area contributed by atoms with Crippen LogP contribution in [-0.4, -0.2) is 51.9 Å². The number of rotatable bonds is 5. The van der Waals surface area contributed by atoms with Gasteiger partial charge in [0, 0.05) is 25.7 Å². The van der Waals surface area contributed by atoms with Crippen LogP contribution in [0.2, 0.25) is 0 Å². The molecule has 1 aliphatic rings. The minimum Gasteiger partial charge on any atom is -0.378 e. The van der Waals surface area contributed by atoms with Crippen LogP contribution in [0.15, 0.2) is 59.8 Å². The van der Waals surface area contributed by atoms with Crippen LogP contribution in [0.3, 0.4) is 0 Å². The van der Waals surface area contributed by atoms with Gasteiger partial charge in [-0.3, -0.25) is 4.79 Å². The summed E-state index contributed by atoms with van der Waals surface area (Å²) < 4.78 is 7.36. The molecule has 2 aromatic carbocycles. The number of amides is 1. The molecule has 0 spiro atoms. The zero-order chi connectivity index (χ0) is 20.2. The maximum atomic E-state index is 13.3. The summed E-state index contributed by atoms with van der Waals surface area (Å²) in [4.78, 5) is 15.2. The second-order valence-corrected chi connectivity index (χ2v) is 8.15. The summed E-state index contributed by atoms with van der Waals surface area (Å²) in [5.74, 6) is 0.877. The lowest BCUT2D eigenvalue weighted by atomic mass is 10.1. The SMILES string of the molecule is Cc1ccc(-c2nnc(SC(C(=O)N3CCOCC3)c3ccccc3)n2C)cc1. The molecule has 3 aromatic rings. The topological polar surface area (TPSA) is 60.3 Å². The van der Waals surface area contributed by atoms with Gasteiger partial charge in [0.1, 0.15) is 5.25 Å². The normalized spacial score (nSPS) is 15.3. The standard InChI is InChI=1S/C22H24N4O2S/c1-16-8-10-18(11-9-16)20-23-24-22(25(20)2)29-19(17-6-4-3-5-7-17)21(27)26-12-14-28-15-13-26/h3-11,19H,12-15H2,1-2H3. The lowest BCUT2D eigenvalue weighted by molar-refractivity contribution is -0.134. The van der Waals surface area contributed by atoms with E-state index in [1.165, 1.54) is 17.3 Å². The fraction of sp³-hybridized carbons (Fsp3) is 0.318. The number of morpholine rings is 1. The van der Waals surface area contributed by atoms with E-state index in [0.717, 1.165) is 22.1 Å². The molecule has 0 N–H and O–H groups in total. The summed E-state index contributed by atoms with van der Waals surface area (Å²) in [5, 5.41) is 9.12. The lowest BCUT2D eigenvalue weighted by Crippen LogP contribution is -2.42. The van der Waals surface area contributed by atoms with Crippen molar-refractivity contribution in [1.29, 1.82) is 0 Å². The van der Waals surface area contributed by atoms with Crippen molar-refractivity contribution in [3.8, 4) is 11.4 Å². The minimum absolute atomic E-state index is 0.0874. The Morgan fingerprint density at radius 2 is 1.72 bits per heavy atom. The largest absolute Gasteiger partial charge is 0.378 e. The summed E-state index contributed by atoms with van der Waals surface area (Å²) in [6.45, 7) is 4.47. The van der Waals surface area contributed by atoms with Gasteiger partial charge in [-0.1, -0.05) is 71.9 Å². The highest BCUT2D eigenvalue weighted by Crippen LogP contribution is 2.37. The summed E-state index contributed by atoms with van der Waals surface area (Å²) in [6.07, 6.45) is 0. The van der Waals surface area contributed by atoms with Crippen molar-refractivity contribution < 1.29 is 9.53 Å². The lowest BCUT2D eigenvalue weighted by Gasteiger charge is -2.30. The van der Waals surface area contributed by atoms with E-state index in [1.807, 2.05) is 59.0 Å². The Kier molecular flexibility index (Phi) is 5.97. The highest BCUT2D eigenvalue weighted by molar-refractivity contribution is 8.00. The van der Waals surface area contributed by atoms with Crippen LogP contribution in [0.25, 0.3) is 11.4 Å². The summed E-state index contributed by atoms with van der Waals surface area (Å²) in [6, 6.07) is 18.1. The third kappa shape index (κ3) is 4.36. The molecule has 1 fully saturated rings. The Morgan fingerprint density at radius 3 is 2.41 bits per heavy atom. The van der Waals surface area contributed by atoms with Crippen molar-refractivity contribution in [3.63, 3.8) is 0 Å². The molecule has 0 radical (unpaired) electrons. The molecule has 1 aliphatic heterocycles. The number of aryl methyl sites for hydroxylation is 1. The summed E-state index contributed by atoms with van der Waals surface area (Å²) >= 11 is 1.45. The number of aromatic nitrogens is 3. The average molecular weight is 409 g/mol. The van der Waals surface area contributed by atoms with Crippen LogP contribution < -0.4 is 0 Å². The Balaban J connectivity index is 1.62. The second-order valence-electron chi connectivity index (χ2n) is 7.08. The molecule has 1 unspecified atom stereocenters. The predicted molar refractivity (Wildman–Crippen MR) is 114 cm³/mol. The van der Waals surface area contributed by atoms with Gasteiger partial charge in [-0.25, -0.2) is 0 Å². The number of hydrogen-bond donors (Lipinski definition) is 0. The van der Waals surface area contributed by atoms with Crippen LogP contribution in [-0.2, 0) is 16.6 Å². The van der Waals surface area contributed by atoms with Crippen LogP contribution >= 0.6 is 11.8 Å². The molecule has 0 saturated carbocycles. The Hall–Kier alpha value is -2.64. The van der Waals surface area contributed by atoms with E-state index in [0.29, 0.717) is 26.3 Å². The van der Waals surface area contributed by atoms with E-state index in [9.17, 15) is 4.79 Å². The number of hydrogen-bond acceptors (Lipinski definition) is 5. The molecule has 1 atom stereocenters. The number of ether oxygens (including phenoxy) is 1. The minimum atomic E-state index is -0.372. The zero-order valence-electron chi connectivity index (χ0n) is 16.6. The maximum Gasteiger partial charge on any atom is 0.240 e. The third-order valence-corrected chi connectivity index (χ3v) is 6.29. The molecule has 6 nitrogen and oxygen atoms in total. The number of benzene rings is 2. The van der Waals surface area contributed by atoms with Crippen molar-refractivity contribution in [1.82, 2.24) is 19.7 Å². The number of carbonyl (C=O) groups excluding carboxylic acids is 1. The van der Waals surface area contributed by atoms with Crippen molar-refractivity contribution in [2.45, 2.75) is 17.3 Å². The molecule has 4 rings (SSSR count). The van der Waals surface area contributed by atoms with Gasteiger partial charge in [-0.2, -0.15) is 0 Å². The zero-order valence-corrected chi connectivity index (χ0v) is 17.4. The van der Waals surface area contributed by atoms with E-state index in [2.05, 4.69) is 29.3 Å². The molecule has 2 heterocycles. The maximum absolute atomic E-state index is 13.3. The monoisotopic (exact) mass is 408 g/mol. The van der Waals surface area contributed by atoms with Gasteiger partial charge in [0.25, 0.3) is 0 Å². The van der Waals surface area contributed by atoms with Crippen molar-refractivity contribution >= 4 is 17.7 Å². The summed E-state index contributed by atoms with van der Waals surface area (Å²) in [5.41, 5.74) is 3.17. The average Bonchev–Trinajstić information content (AvgIpc) is 3.13. The Labute approximate surface area is 174 Å². The highest BCUT2D eigenvalue weighted by atomic mass is 32.2. The molecule has 1 aromatic heterocycles. The van der Waals surface area contributed by atoms with Crippen LogP contribution in [0, 0.1) is 6.92 Å². The Bertz CT molecular complexity index is 966. The molecule has 0 aliphatic carbocycles. The van der Waals surface area contributed by atoms with Crippen molar-refractivity contribution in [2.24, 2.45) is 7.05 Å². The van der Waals surface area contributed by atoms with Crippen molar-refractivity contribution in [3.05, 3.63) is 65.7 Å². The number of nitrogens with zero attached hydrogens (tertiary/aromatic N) is 4. The first-order valence-corrected chi connectivity index (χ1v) is 10.6. The van der Waals surface area contributed by atoms with E-state index < -0.39 is 0 Å². The van der Waals surface area contributed by atoms with Gasteiger partial charge in [0.15, 0.2) is 11.0 Å². The fourth-order valence-corrected chi connectivity index (χ4v) is 4.40. The third-order valence-electron chi connectivity index (χ3n) is 5.02. The molecule has 29 heavy (non-hydrogen) atoms. The molecular formula is C22H24N4O2S. The van der Waals surface area contributed by atoms with E-state index >= 15 is 0 Å². The summed E-state index contributed by atoms with van der Waals surface area (Å²) in [7, 11) is 1.94. The molecule has 1 saturated heterocycles. The molecule has 0 bridgehead atoms.